The highest BCUT2D eigenvalue weighted by atomic mass is 16.4. The van der Waals surface area contributed by atoms with Crippen LogP contribution >= 0.6 is 0 Å². The van der Waals surface area contributed by atoms with Gasteiger partial charge in [0.1, 0.15) is 0 Å². The van der Waals surface area contributed by atoms with Crippen LogP contribution in [0.2, 0.25) is 0 Å². The summed E-state index contributed by atoms with van der Waals surface area (Å²) in [6.45, 7) is 0.482. The molecule has 0 aliphatic rings. The number of aryl methyl sites for hydroxylation is 1. The van der Waals surface area contributed by atoms with Crippen molar-refractivity contribution in [3.05, 3.63) is 78.1 Å². The maximum Gasteiger partial charge on any atom is 0.337 e. The largest absolute Gasteiger partial charge is 0.478 e. The molecule has 5 heteroatoms. The van der Waals surface area contributed by atoms with Crippen molar-refractivity contribution in [3.63, 3.8) is 0 Å². The fourth-order valence-electron chi connectivity index (χ4n) is 3.45. The van der Waals surface area contributed by atoms with Gasteiger partial charge in [0.05, 0.1) is 22.9 Å². The predicted molar refractivity (Wildman–Crippen MR) is 106 cm³/mol. The molecule has 4 rings (SSSR count). The molecular weight excluding hydrogens is 338 g/mol. The molecule has 0 saturated carbocycles. The Kier molecular flexibility index (Phi) is 4.22. The fraction of sp³-hybridized carbons (Fsp3) is 0.0909. The van der Waals surface area contributed by atoms with E-state index in [4.69, 9.17) is 5.73 Å². The molecule has 0 bridgehead atoms. The number of aromatic nitrogens is 2. The van der Waals surface area contributed by atoms with Crippen LogP contribution < -0.4 is 5.73 Å². The van der Waals surface area contributed by atoms with Gasteiger partial charge in [-0.15, -0.1) is 0 Å². The van der Waals surface area contributed by atoms with E-state index in [-0.39, 0.29) is 5.56 Å². The maximum absolute atomic E-state index is 11.7. The summed E-state index contributed by atoms with van der Waals surface area (Å²) >= 11 is 0. The number of carbonyl (C=O) groups is 1. The van der Waals surface area contributed by atoms with E-state index in [2.05, 4.69) is 11.1 Å². The summed E-state index contributed by atoms with van der Waals surface area (Å²) < 4.78 is 1.73. The lowest BCUT2D eigenvalue weighted by Crippen LogP contribution is -2.01. The molecule has 0 spiro atoms. The highest BCUT2D eigenvalue weighted by Crippen LogP contribution is 2.30. The van der Waals surface area contributed by atoms with Crippen LogP contribution in [0.25, 0.3) is 33.3 Å². The van der Waals surface area contributed by atoms with Gasteiger partial charge in [0.15, 0.2) is 0 Å². The molecule has 0 amide bonds. The van der Waals surface area contributed by atoms with E-state index in [0.717, 1.165) is 27.8 Å². The first kappa shape index (κ1) is 17.0. The molecule has 5 nitrogen and oxygen atoms in total. The van der Waals surface area contributed by atoms with Crippen molar-refractivity contribution in [3.8, 4) is 22.3 Å². The van der Waals surface area contributed by atoms with Gasteiger partial charge >= 0.3 is 5.97 Å². The van der Waals surface area contributed by atoms with Crippen LogP contribution in [-0.2, 0) is 13.6 Å². The third-order valence-electron chi connectivity index (χ3n) is 4.81. The molecule has 0 saturated heterocycles. The van der Waals surface area contributed by atoms with Crippen LogP contribution in [0.4, 0.5) is 0 Å². The Labute approximate surface area is 156 Å². The Hall–Kier alpha value is -3.44. The molecule has 3 N–H and O–H groups in total. The smallest absolute Gasteiger partial charge is 0.337 e. The van der Waals surface area contributed by atoms with Gasteiger partial charge in [0, 0.05) is 13.6 Å². The van der Waals surface area contributed by atoms with Crippen LogP contribution in [0, 0.1) is 0 Å². The number of hydrogen-bond donors (Lipinski definition) is 2. The van der Waals surface area contributed by atoms with E-state index < -0.39 is 5.97 Å². The first-order chi connectivity index (χ1) is 13.1. The molecule has 0 aliphatic heterocycles. The second-order valence-corrected chi connectivity index (χ2v) is 6.49. The second-order valence-electron chi connectivity index (χ2n) is 6.49. The van der Waals surface area contributed by atoms with E-state index >= 15 is 0 Å². The molecule has 27 heavy (non-hydrogen) atoms. The Balaban J connectivity index is 1.79. The number of fused-ring (bicyclic) bond motifs is 1. The minimum absolute atomic E-state index is 0.250. The first-order valence-electron chi connectivity index (χ1n) is 8.65. The predicted octanol–water partition coefficient (Wildman–Crippen LogP) is 4.06. The minimum Gasteiger partial charge on any atom is -0.478 e. The van der Waals surface area contributed by atoms with Crippen LogP contribution in [0.3, 0.4) is 0 Å². The number of carboxylic acid groups (broad SMARTS) is 1. The van der Waals surface area contributed by atoms with E-state index in [1.807, 2.05) is 48.5 Å². The molecule has 0 aliphatic carbocycles. The maximum atomic E-state index is 11.7. The van der Waals surface area contributed by atoms with Gasteiger partial charge in [0.25, 0.3) is 0 Å². The number of imidazole rings is 1. The van der Waals surface area contributed by atoms with Gasteiger partial charge in [-0.05, 0) is 39.9 Å². The average Bonchev–Trinajstić information content (AvgIpc) is 3.08. The Morgan fingerprint density at radius 2 is 1.74 bits per heavy atom. The van der Waals surface area contributed by atoms with E-state index in [0.29, 0.717) is 17.6 Å². The molecule has 0 unspecified atom stereocenters. The molecule has 4 aromatic rings. The lowest BCUT2D eigenvalue weighted by molar-refractivity contribution is 0.0698. The number of benzene rings is 3. The molecular formula is C22H19N3O2. The number of rotatable bonds is 4. The normalized spacial score (nSPS) is 11.0. The average molecular weight is 357 g/mol. The topological polar surface area (TPSA) is 81.1 Å². The van der Waals surface area contributed by atoms with Crippen LogP contribution in [0.15, 0.2) is 67.0 Å². The van der Waals surface area contributed by atoms with Crippen molar-refractivity contribution in [1.82, 2.24) is 9.55 Å². The Morgan fingerprint density at radius 1 is 1.04 bits per heavy atom. The van der Waals surface area contributed by atoms with Crippen LogP contribution in [0.1, 0.15) is 15.9 Å². The summed E-state index contributed by atoms with van der Waals surface area (Å²) in [4.78, 5) is 16.0. The highest BCUT2D eigenvalue weighted by molar-refractivity contribution is 6.03. The van der Waals surface area contributed by atoms with Gasteiger partial charge in [-0.25, -0.2) is 9.78 Å². The third-order valence-corrected chi connectivity index (χ3v) is 4.81. The molecule has 1 aromatic heterocycles. The summed E-state index contributed by atoms with van der Waals surface area (Å²) in [5.41, 5.74) is 12.4. The van der Waals surface area contributed by atoms with Gasteiger partial charge in [-0.2, -0.15) is 0 Å². The molecule has 1 heterocycles. The zero-order valence-corrected chi connectivity index (χ0v) is 14.9. The standard InChI is InChI=1S/C22H19N3O2/c1-25-13-24-20-11-17(10-19(21(20)25)22(26)27)14-6-8-15(9-7-14)18-5-3-2-4-16(18)12-23/h2-11,13H,12,23H2,1H3,(H,26,27). The molecule has 0 fully saturated rings. The van der Waals surface area contributed by atoms with Gasteiger partial charge in [-0.1, -0.05) is 48.5 Å². The quantitative estimate of drug-likeness (QED) is 0.577. The van der Waals surface area contributed by atoms with Crippen molar-refractivity contribution >= 4 is 17.0 Å². The SMILES string of the molecule is Cn1cnc2cc(-c3ccc(-c4ccccc4CN)cc3)cc(C(=O)O)c21. The van der Waals surface area contributed by atoms with Crippen molar-refractivity contribution in [2.45, 2.75) is 6.54 Å². The monoisotopic (exact) mass is 357 g/mol. The van der Waals surface area contributed by atoms with E-state index in [1.54, 1.807) is 24.0 Å². The molecule has 134 valence electrons. The van der Waals surface area contributed by atoms with Gasteiger partial charge < -0.3 is 15.4 Å². The van der Waals surface area contributed by atoms with Gasteiger partial charge in [-0.3, -0.25) is 0 Å². The zero-order chi connectivity index (χ0) is 19.0. The lowest BCUT2D eigenvalue weighted by Gasteiger charge is -2.10. The number of hydrogen-bond acceptors (Lipinski definition) is 3. The van der Waals surface area contributed by atoms with Crippen molar-refractivity contribution in [2.75, 3.05) is 0 Å². The third kappa shape index (κ3) is 2.98. The van der Waals surface area contributed by atoms with Crippen molar-refractivity contribution in [2.24, 2.45) is 12.8 Å². The number of carboxylic acids is 1. The minimum atomic E-state index is -0.959. The highest BCUT2D eigenvalue weighted by Gasteiger charge is 2.15. The summed E-state index contributed by atoms with van der Waals surface area (Å²) in [6, 6.07) is 19.7. The van der Waals surface area contributed by atoms with Crippen LogP contribution in [0.5, 0.6) is 0 Å². The molecule has 0 atom stereocenters. The number of nitrogens with zero attached hydrogens (tertiary/aromatic N) is 2. The summed E-state index contributed by atoms with van der Waals surface area (Å²) in [5.74, 6) is -0.959. The number of aromatic carboxylic acids is 1. The lowest BCUT2D eigenvalue weighted by atomic mass is 9.96. The van der Waals surface area contributed by atoms with Crippen LogP contribution in [-0.4, -0.2) is 20.6 Å². The molecule has 3 aromatic carbocycles. The van der Waals surface area contributed by atoms with E-state index in [9.17, 15) is 9.90 Å². The first-order valence-corrected chi connectivity index (χ1v) is 8.65. The van der Waals surface area contributed by atoms with E-state index in [1.165, 1.54) is 0 Å². The molecule has 0 radical (unpaired) electrons. The van der Waals surface area contributed by atoms with Crippen molar-refractivity contribution < 1.29 is 9.90 Å². The van der Waals surface area contributed by atoms with Crippen molar-refractivity contribution in [1.29, 1.82) is 0 Å². The second kappa shape index (κ2) is 6.70. The summed E-state index contributed by atoms with van der Waals surface area (Å²) in [5, 5.41) is 9.59. The summed E-state index contributed by atoms with van der Waals surface area (Å²) in [6.07, 6.45) is 1.63. The Morgan fingerprint density at radius 3 is 2.44 bits per heavy atom. The Bertz CT molecular complexity index is 1140. The summed E-state index contributed by atoms with van der Waals surface area (Å²) in [7, 11) is 1.80. The van der Waals surface area contributed by atoms with Gasteiger partial charge in [0.2, 0.25) is 0 Å². The zero-order valence-electron chi connectivity index (χ0n) is 14.9. The number of nitrogens with two attached hydrogens (primary N) is 1. The fourth-order valence-corrected chi connectivity index (χ4v) is 3.45.